The molecule has 31 heavy (non-hydrogen) atoms. The van der Waals surface area contributed by atoms with Crippen molar-refractivity contribution in [2.45, 2.75) is 26.7 Å². The highest BCUT2D eigenvalue weighted by Gasteiger charge is 2.14. The Balaban J connectivity index is 1.45. The fourth-order valence-electron chi connectivity index (χ4n) is 3.21. The van der Waals surface area contributed by atoms with Crippen molar-refractivity contribution in [1.29, 1.82) is 0 Å². The standard InChI is InChI=1S/C25H23ClN2O3/c1-15(2)17-5-8-19(9-6-17)30-14-24(29)27-18-7-10-21(26)20(13-18)25-28-22-12-16(3)4-11-23(22)31-25/h4-13,15H,14H2,1-3H3,(H,27,29). The number of benzene rings is 3. The van der Waals surface area contributed by atoms with Gasteiger partial charge in [0.25, 0.3) is 5.91 Å². The van der Waals surface area contributed by atoms with Crippen molar-refractivity contribution in [1.82, 2.24) is 4.98 Å². The van der Waals surface area contributed by atoms with Crippen LogP contribution in [0.25, 0.3) is 22.6 Å². The molecule has 1 N–H and O–H groups in total. The lowest BCUT2D eigenvalue weighted by Crippen LogP contribution is -2.20. The molecule has 0 saturated heterocycles. The summed E-state index contributed by atoms with van der Waals surface area (Å²) in [4.78, 5) is 16.9. The number of nitrogens with zero attached hydrogens (tertiary/aromatic N) is 1. The molecule has 4 rings (SSSR count). The number of halogens is 1. The van der Waals surface area contributed by atoms with Gasteiger partial charge in [0.15, 0.2) is 12.2 Å². The highest BCUT2D eigenvalue weighted by atomic mass is 35.5. The SMILES string of the molecule is Cc1ccc2oc(-c3cc(NC(=O)COc4ccc(C(C)C)cc4)ccc3Cl)nc2c1. The van der Waals surface area contributed by atoms with Gasteiger partial charge in [0.05, 0.1) is 10.6 Å². The zero-order valence-electron chi connectivity index (χ0n) is 17.6. The molecule has 0 aliphatic carbocycles. The number of aryl methyl sites for hydroxylation is 1. The van der Waals surface area contributed by atoms with Crippen molar-refractivity contribution in [3.63, 3.8) is 0 Å². The minimum Gasteiger partial charge on any atom is -0.484 e. The predicted octanol–water partition coefficient (Wildman–Crippen LogP) is 6.60. The van der Waals surface area contributed by atoms with Crippen molar-refractivity contribution in [3.8, 4) is 17.2 Å². The Kier molecular flexibility index (Phi) is 5.96. The topological polar surface area (TPSA) is 64.4 Å². The summed E-state index contributed by atoms with van der Waals surface area (Å²) < 4.78 is 11.4. The number of carbonyl (C=O) groups is 1. The quantitative estimate of drug-likeness (QED) is 0.371. The van der Waals surface area contributed by atoms with Crippen LogP contribution in [0.2, 0.25) is 5.02 Å². The van der Waals surface area contributed by atoms with Crippen LogP contribution in [0.3, 0.4) is 0 Å². The zero-order valence-corrected chi connectivity index (χ0v) is 18.4. The average Bonchev–Trinajstić information content (AvgIpc) is 3.17. The van der Waals surface area contributed by atoms with Gasteiger partial charge >= 0.3 is 0 Å². The summed E-state index contributed by atoms with van der Waals surface area (Å²) in [6, 6.07) is 18.7. The Morgan fingerprint density at radius 3 is 2.61 bits per heavy atom. The fourth-order valence-corrected chi connectivity index (χ4v) is 3.41. The number of fused-ring (bicyclic) bond motifs is 1. The highest BCUT2D eigenvalue weighted by Crippen LogP contribution is 2.32. The third kappa shape index (κ3) is 4.89. The summed E-state index contributed by atoms with van der Waals surface area (Å²) >= 11 is 6.36. The van der Waals surface area contributed by atoms with Crippen LogP contribution >= 0.6 is 11.6 Å². The van der Waals surface area contributed by atoms with Gasteiger partial charge in [-0.3, -0.25) is 4.79 Å². The van der Waals surface area contributed by atoms with Crippen LogP contribution < -0.4 is 10.1 Å². The predicted molar refractivity (Wildman–Crippen MR) is 124 cm³/mol. The van der Waals surface area contributed by atoms with Crippen molar-refractivity contribution in [2.75, 3.05) is 11.9 Å². The molecule has 0 saturated carbocycles. The van der Waals surface area contributed by atoms with Crippen LogP contribution in [0.4, 0.5) is 5.69 Å². The summed E-state index contributed by atoms with van der Waals surface area (Å²) in [5.41, 5.74) is 4.96. The first-order valence-corrected chi connectivity index (χ1v) is 10.5. The lowest BCUT2D eigenvalue weighted by Gasteiger charge is -2.10. The molecule has 0 spiro atoms. The van der Waals surface area contributed by atoms with Crippen LogP contribution in [-0.2, 0) is 4.79 Å². The Morgan fingerprint density at radius 2 is 1.87 bits per heavy atom. The first-order valence-electron chi connectivity index (χ1n) is 10.1. The van der Waals surface area contributed by atoms with Gasteiger partial charge < -0.3 is 14.5 Å². The molecule has 1 aromatic heterocycles. The molecular weight excluding hydrogens is 412 g/mol. The highest BCUT2D eigenvalue weighted by molar-refractivity contribution is 6.33. The molecule has 6 heteroatoms. The lowest BCUT2D eigenvalue weighted by molar-refractivity contribution is -0.118. The maximum absolute atomic E-state index is 12.4. The number of oxazole rings is 1. The molecule has 4 aromatic rings. The van der Waals surface area contributed by atoms with E-state index in [0.717, 1.165) is 11.1 Å². The monoisotopic (exact) mass is 434 g/mol. The molecule has 3 aromatic carbocycles. The summed E-state index contributed by atoms with van der Waals surface area (Å²) in [6.07, 6.45) is 0. The molecule has 0 aliphatic heterocycles. The first kappa shape index (κ1) is 20.9. The largest absolute Gasteiger partial charge is 0.484 e. The van der Waals surface area contributed by atoms with Gasteiger partial charge in [-0.05, 0) is 66.4 Å². The van der Waals surface area contributed by atoms with E-state index in [1.165, 1.54) is 5.56 Å². The van der Waals surface area contributed by atoms with Crippen molar-refractivity contribution in [2.24, 2.45) is 0 Å². The normalized spacial score (nSPS) is 11.1. The average molecular weight is 435 g/mol. The molecule has 0 radical (unpaired) electrons. The van der Waals surface area contributed by atoms with Crippen molar-refractivity contribution in [3.05, 3.63) is 76.8 Å². The summed E-state index contributed by atoms with van der Waals surface area (Å²) in [7, 11) is 0. The Bertz CT molecular complexity index is 1230. The molecule has 5 nitrogen and oxygen atoms in total. The van der Waals surface area contributed by atoms with Gasteiger partial charge in [0.2, 0.25) is 5.89 Å². The van der Waals surface area contributed by atoms with E-state index in [0.29, 0.717) is 39.4 Å². The minimum absolute atomic E-state index is 0.0961. The van der Waals surface area contributed by atoms with E-state index < -0.39 is 0 Å². The molecule has 0 bridgehead atoms. The van der Waals surface area contributed by atoms with E-state index in [1.54, 1.807) is 18.2 Å². The third-order valence-electron chi connectivity index (χ3n) is 4.94. The molecule has 1 amide bonds. The van der Waals surface area contributed by atoms with Gasteiger partial charge in [0.1, 0.15) is 11.3 Å². The van der Waals surface area contributed by atoms with Gasteiger partial charge in [-0.2, -0.15) is 0 Å². The van der Waals surface area contributed by atoms with Crippen molar-refractivity contribution >= 4 is 34.3 Å². The fraction of sp³-hybridized carbons (Fsp3) is 0.200. The maximum Gasteiger partial charge on any atom is 0.262 e. The van der Waals surface area contributed by atoms with Crippen LogP contribution in [0, 0.1) is 6.92 Å². The second-order valence-corrected chi connectivity index (χ2v) is 8.15. The molecule has 0 fully saturated rings. The van der Waals surface area contributed by atoms with Crippen LogP contribution in [0.15, 0.2) is 65.1 Å². The van der Waals surface area contributed by atoms with Gasteiger partial charge in [-0.25, -0.2) is 4.98 Å². The van der Waals surface area contributed by atoms with E-state index in [9.17, 15) is 4.79 Å². The second kappa shape index (κ2) is 8.82. The number of carbonyl (C=O) groups excluding carboxylic acids is 1. The summed E-state index contributed by atoms with van der Waals surface area (Å²) in [6.45, 7) is 6.16. The minimum atomic E-state index is -0.269. The number of anilines is 1. The Labute approximate surface area is 186 Å². The number of amides is 1. The van der Waals surface area contributed by atoms with E-state index in [-0.39, 0.29) is 12.5 Å². The van der Waals surface area contributed by atoms with Crippen LogP contribution in [0.1, 0.15) is 30.9 Å². The van der Waals surface area contributed by atoms with E-state index >= 15 is 0 Å². The first-order chi connectivity index (χ1) is 14.9. The number of aromatic nitrogens is 1. The Morgan fingerprint density at radius 1 is 1.10 bits per heavy atom. The second-order valence-electron chi connectivity index (χ2n) is 7.75. The van der Waals surface area contributed by atoms with Crippen LogP contribution in [0.5, 0.6) is 5.75 Å². The van der Waals surface area contributed by atoms with E-state index in [4.69, 9.17) is 20.8 Å². The number of rotatable bonds is 6. The van der Waals surface area contributed by atoms with Crippen molar-refractivity contribution < 1.29 is 13.9 Å². The molecule has 158 valence electrons. The number of hydrogen-bond acceptors (Lipinski definition) is 4. The molecule has 1 heterocycles. The zero-order chi connectivity index (χ0) is 22.0. The Hall–Kier alpha value is -3.31. The molecule has 0 unspecified atom stereocenters. The van der Waals surface area contributed by atoms with Crippen LogP contribution in [-0.4, -0.2) is 17.5 Å². The number of hydrogen-bond donors (Lipinski definition) is 1. The number of ether oxygens (including phenoxy) is 1. The molecule has 0 atom stereocenters. The summed E-state index contributed by atoms with van der Waals surface area (Å²) in [5, 5.41) is 3.32. The smallest absolute Gasteiger partial charge is 0.262 e. The molecule has 0 aliphatic rings. The number of nitrogens with one attached hydrogen (secondary N) is 1. The summed E-state index contributed by atoms with van der Waals surface area (Å²) in [5.74, 6) is 1.23. The van der Waals surface area contributed by atoms with E-state index in [1.807, 2.05) is 49.4 Å². The van der Waals surface area contributed by atoms with Gasteiger partial charge in [-0.15, -0.1) is 0 Å². The third-order valence-corrected chi connectivity index (χ3v) is 5.27. The molecular formula is C25H23ClN2O3. The van der Waals surface area contributed by atoms with Gasteiger partial charge in [-0.1, -0.05) is 43.6 Å². The lowest BCUT2D eigenvalue weighted by atomic mass is 10.0. The van der Waals surface area contributed by atoms with E-state index in [2.05, 4.69) is 24.1 Å². The van der Waals surface area contributed by atoms with Gasteiger partial charge in [0, 0.05) is 5.69 Å². The maximum atomic E-state index is 12.4.